The van der Waals surface area contributed by atoms with E-state index in [2.05, 4.69) is 0 Å². The molecule has 0 spiro atoms. The van der Waals surface area contributed by atoms with Gasteiger partial charge in [0.15, 0.2) is 17.9 Å². The summed E-state index contributed by atoms with van der Waals surface area (Å²) in [6.45, 7) is 0.726. The Hall–Kier alpha value is -3.07. The molecule has 0 N–H and O–H groups in total. The van der Waals surface area contributed by atoms with E-state index in [9.17, 15) is 0 Å². The van der Waals surface area contributed by atoms with Gasteiger partial charge >= 0.3 is 0 Å². The van der Waals surface area contributed by atoms with E-state index in [0.717, 1.165) is 18.5 Å². The average molecular weight is 403 g/mol. The van der Waals surface area contributed by atoms with Crippen LogP contribution in [0.15, 0.2) is 97.1 Å². The molecule has 0 bridgehead atoms. The highest BCUT2D eigenvalue weighted by Gasteiger charge is 2.52. The Morgan fingerprint density at radius 3 is 1.93 bits per heavy atom. The molecule has 0 radical (unpaired) electrons. The lowest BCUT2D eigenvalue weighted by atomic mass is 9.81. The van der Waals surface area contributed by atoms with Crippen molar-refractivity contribution in [2.75, 3.05) is 6.54 Å². The summed E-state index contributed by atoms with van der Waals surface area (Å²) in [5, 5.41) is 0. The molecule has 0 amide bonds. The number of benzene rings is 3. The molecule has 3 aromatic carbocycles. The van der Waals surface area contributed by atoms with Crippen molar-refractivity contribution >= 4 is 12.3 Å². The first-order chi connectivity index (χ1) is 14.7. The summed E-state index contributed by atoms with van der Waals surface area (Å²) >= 11 is 0. The van der Waals surface area contributed by atoms with Gasteiger partial charge in [-0.15, -0.1) is 0 Å². The van der Waals surface area contributed by atoms with E-state index in [-0.39, 0.29) is 0 Å². The highest BCUT2D eigenvalue weighted by Crippen LogP contribution is 2.42. The first-order valence-corrected chi connectivity index (χ1v) is 10.5. The molecule has 1 aliphatic heterocycles. The summed E-state index contributed by atoms with van der Waals surface area (Å²) in [5.74, 6) is 0. The van der Waals surface area contributed by atoms with E-state index in [1.807, 2.05) is 65.4 Å². The number of rotatable bonds is 6. The molecule has 0 saturated carbocycles. The maximum Gasteiger partial charge on any atom is 0.203 e. The van der Waals surface area contributed by atoms with E-state index in [1.165, 1.54) is 0 Å². The lowest BCUT2D eigenvalue weighted by Gasteiger charge is -2.31. The molecule has 1 saturated heterocycles. The minimum absolute atomic E-state index is 0.357. The highest BCUT2D eigenvalue weighted by molar-refractivity contribution is 5.74. The third-order valence-electron chi connectivity index (χ3n) is 5.81. The van der Waals surface area contributed by atoms with E-state index in [1.54, 1.807) is 48.5 Å². The van der Waals surface area contributed by atoms with E-state index >= 15 is 8.78 Å². The molecule has 152 valence electrons. The van der Waals surface area contributed by atoms with Crippen LogP contribution in [0, 0.1) is 0 Å². The largest absolute Gasteiger partial charge is 0.236 e. The molecule has 4 rings (SSSR count). The Bertz CT molecular complexity index is 957. The van der Waals surface area contributed by atoms with E-state index < -0.39 is 17.9 Å². The molecule has 1 aliphatic rings. The van der Waals surface area contributed by atoms with E-state index in [0.29, 0.717) is 17.5 Å². The Morgan fingerprint density at radius 1 is 0.833 bits per heavy atom. The third kappa shape index (κ3) is 4.11. The fourth-order valence-corrected chi connectivity index (χ4v) is 4.25. The van der Waals surface area contributed by atoms with Gasteiger partial charge in [-0.1, -0.05) is 91.0 Å². The Kier molecular flexibility index (Phi) is 6.18. The summed E-state index contributed by atoms with van der Waals surface area (Å²) in [6, 6.07) is 26.9. The smallest absolute Gasteiger partial charge is 0.203 e. The standard InChI is InChI=1S/C27H26F2N/c28-26(25-19-11-21-30(25)20-10-14-22-12-4-1-5-13-22)27(29,23-15-6-2-7-16-23)24-17-8-3-9-18-24/h1-10,12-18,20,25-26H,11,19,21H2/q+1/b14-10+,30-20?/t25-,26+/m0/s1. The van der Waals surface area contributed by atoms with Crippen LogP contribution in [0.5, 0.6) is 0 Å². The van der Waals surface area contributed by atoms with Crippen LogP contribution in [0.4, 0.5) is 8.78 Å². The topological polar surface area (TPSA) is 3.01 Å². The molecule has 1 nitrogen and oxygen atoms in total. The molecular weight excluding hydrogens is 376 g/mol. The first kappa shape index (κ1) is 20.2. The minimum Gasteiger partial charge on any atom is -0.236 e. The number of halogens is 2. The molecule has 0 aliphatic carbocycles. The summed E-state index contributed by atoms with van der Waals surface area (Å²) in [4.78, 5) is 0. The van der Waals surface area contributed by atoms with Gasteiger partial charge in [0.25, 0.3) is 0 Å². The SMILES string of the molecule is F[C@H]([C@@H]1CCC[N+]1=C/C=C/c1ccccc1)C(F)(c1ccccc1)c1ccccc1. The minimum atomic E-state index is -2.20. The zero-order chi connectivity index (χ0) is 20.8. The number of nitrogens with zero attached hydrogens (tertiary/aromatic N) is 1. The molecular formula is C27H26F2N+. The third-order valence-corrected chi connectivity index (χ3v) is 5.81. The summed E-state index contributed by atoms with van der Waals surface area (Å²) in [7, 11) is 0. The van der Waals surface area contributed by atoms with Gasteiger partial charge < -0.3 is 0 Å². The molecule has 1 heterocycles. The highest BCUT2D eigenvalue weighted by atomic mass is 19.2. The lowest BCUT2D eigenvalue weighted by molar-refractivity contribution is -0.549. The Morgan fingerprint density at radius 2 is 1.37 bits per heavy atom. The van der Waals surface area contributed by atoms with Gasteiger partial charge in [-0.2, -0.15) is 0 Å². The zero-order valence-electron chi connectivity index (χ0n) is 16.9. The summed E-state index contributed by atoms with van der Waals surface area (Å²) in [6.07, 6.45) is 5.59. The van der Waals surface area contributed by atoms with Crippen LogP contribution < -0.4 is 0 Å². The van der Waals surface area contributed by atoms with Crippen molar-refractivity contribution in [1.29, 1.82) is 0 Å². The number of hydrogen-bond donors (Lipinski definition) is 0. The van der Waals surface area contributed by atoms with Crippen molar-refractivity contribution in [2.24, 2.45) is 0 Å². The van der Waals surface area contributed by atoms with Crippen LogP contribution in [0.3, 0.4) is 0 Å². The van der Waals surface area contributed by atoms with Gasteiger partial charge in [0.1, 0.15) is 6.54 Å². The van der Waals surface area contributed by atoms with Crippen molar-refractivity contribution in [2.45, 2.75) is 30.7 Å². The van der Waals surface area contributed by atoms with Crippen molar-refractivity contribution < 1.29 is 13.4 Å². The quantitative estimate of drug-likeness (QED) is 0.432. The maximum absolute atomic E-state index is 16.6. The fraction of sp³-hybridized carbons (Fsp3) is 0.222. The van der Waals surface area contributed by atoms with Gasteiger partial charge in [0.05, 0.1) is 0 Å². The van der Waals surface area contributed by atoms with Crippen LogP contribution in [-0.2, 0) is 5.67 Å². The van der Waals surface area contributed by atoms with Crippen LogP contribution in [-0.4, -0.2) is 29.5 Å². The summed E-state index contributed by atoms with van der Waals surface area (Å²) < 4.78 is 34.6. The summed E-state index contributed by atoms with van der Waals surface area (Å²) in [5.41, 5.74) is -0.410. The molecule has 3 heteroatoms. The molecule has 3 aromatic rings. The van der Waals surface area contributed by atoms with Gasteiger partial charge in [0, 0.05) is 18.9 Å². The molecule has 1 fully saturated rings. The Labute approximate surface area is 177 Å². The average Bonchev–Trinajstić information content (AvgIpc) is 3.28. The van der Waals surface area contributed by atoms with Crippen molar-refractivity contribution in [3.05, 3.63) is 114 Å². The molecule has 30 heavy (non-hydrogen) atoms. The second-order valence-electron chi connectivity index (χ2n) is 7.71. The van der Waals surface area contributed by atoms with Gasteiger partial charge in [-0.05, 0) is 22.8 Å². The molecule has 2 atom stereocenters. The van der Waals surface area contributed by atoms with Crippen molar-refractivity contribution in [3.63, 3.8) is 0 Å². The maximum atomic E-state index is 16.6. The van der Waals surface area contributed by atoms with Crippen LogP contribution in [0.25, 0.3) is 6.08 Å². The van der Waals surface area contributed by atoms with Crippen LogP contribution in [0.1, 0.15) is 29.5 Å². The van der Waals surface area contributed by atoms with Gasteiger partial charge in [-0.25, -0.2) is 13.4 Å². The van der Waals surface area contributed by atoms with E-state index in [4.69, 9.17) is 0 Å². The normalized spacial score (nSPS) is 19.4. The monoisotopic (exact) mass is 402 g/mol. The fourth-order valence-electron chi connectivity index (χ4n) is 4.25. The second-order valence-corrected chi connectivity index (χ2v) is 7.71. The van der Waals surface area contributed by atoms with Crippen LogP contribution in [0.2, 0.25) is 0 Å². The zero-order valence-corrected chi connectivity index (χ0v) is 16.9. The van der Waals surface area contributed by atoms with Crippen LogP contribution >= 0.6 is 0 Å². The predicted octanol–water partition coefficient (Wildman–Crippen LogP) is 6.20. The lowest BCUT2D eigenvalue weighted by Crippen LogP contribution is -2.44. The number of alkyl halides is 2. The molecule has 0 aromatic heterocycles. The second kappa shape index (κ2) is 9.17. The number of hydrogen-bond acceptors (Lipinski definition) is 0. The van der Waals surface area contributed by atoms with Crippen molar-refractivity contribution in [1.82, 2.24) is 0 Å². The Balaban J connectivity index is 1.66. The predicted molar refractivity (Wildman–Crippen MR) is 119 cm³/mol. The van der Waals surface area contributed by atoms with Crippen molar-refractivity contribution in [3.8, 4) is 0 Å². The van der Waals surface area contributed by atoms with Gasteiger partial charge in [0.2, 0.25) is 6.17 Å². The molecule has 0 unspecified atom stereocenters. The van der Waals surface area contributed by atoms with Gasteiger partial charge in [-0.3, -0.25) is 0 Å². The number of allylic oxidation sites excluding steroid dienone is 1. The first-order valence-electron chi connectivity index (χ1n) is 10.5.